The van der Waals surface area contributed by atoms with E-state index in [2.05, 4.69) is 17.6 Å². The van der Waals surface area contributed by atoms with Crippen molar-refractivity contribution in [3.8, 4) is 5.75 Å². The molecular formula is C37H51N3O5. The minimum Gasteiger partial charge on any atom is -0.508 e. The van der Waals surface area contributed by atoms with Gasteiger partial charge in [0.25, 0.3) is 5.91 Å². The highest BCUT2D eigenvalue weighted by atomic mass is 16.6. The average molecular weight is 618 g/mol. The van der Waals surface area contributed by atoms with Crippen LogP contribution >= 0.6 is 0 Å². The van der Waals surface area contributed by atoms with Crippen molar-refractivity contribution in [3.63, 3.8) is 0 Å². The molecule has 0 aromatic heterocycles. The van der Waals surface area contributed by atoms with E-state index >= 15 is 0 Å². The number of nitrogens with one attached hydrogen (secondary N) is 2. The van der Waals surface area contributed by atoms with Crippen LogP contribution in [0.15, 0.2) is 66.7 Å². The van der Waals surface area contributed by atoms with Crippen molar-refractivity contribution in [3.05, 3.63) is 72.3 Å². The number of amides is 3. The Morgan fingerprint density at radius 1 is 0.867 bits per heavy atom. The van der Waals surface area contributed by atoms with Gasteiger partial charge in [0.05, 0.1) is 0 Å². The zero-order chi connectivity index (χ0) is 33.0. The fourth-order valence-corrected chi connectivity index (χ4v) is 5.37. The SMILES string of the molecule is CCCCCCCCN(C(=O)C(NC(=O)OC(C)(C)C)C(C)CC)C(C(=O)Nc1ccc2ccccc2c1)c1cccc(O)c1. The first-order valence-electron chi connectivity index (χ1n) is 16.3. The van der Waals surface area contributed by atoms with Crippen LogP contribution in [0.4, 0.5) is 10.5 Å². The van der Waals surface area contributed by atoms with E-state index in [0.717, 1.165) is 42.9 Å². The summed E-state index contributed by atoms with van der Waals surface area (Å²) < 4.78 is 5.52. The molecule has 0 aliphatic carbocycles. The maximum Gasteiger partial charge on any atom is 0.408 e. The first-order chi connectivity index (χ1) is 21.4. The van der Waals surface area contributed by atoms with Gasteiger partial charge in [-0.15, -0.1) is 0 Å². The number of phenols is 1. The van der Waals surface area contributed by atoms with Gasteiger partial charge in [0, 0.05) is 12.2 Å². The van der Waals surface area contributed by atoms with Crippen molar-refractivity contribution < 1.29 is 24.2 Å². The van der Waals surface area contributed by atoms with Crippen molar-refractivity contribution in [2.75, 3.05) is 11.9 Å². The number of benzene rings is 3. The number of carbonyl (C=O) groups is 3. The number of ether oxygens (including phenoxy) is 1. The van der Waals surface area contributed by atoms with Gasteiger partial charge in [-0.25, -0.2) is 4.79 Å². The van der Waals surface area contributed by atoms with E-state index in [0.29, 0.717) is 30.6 Å². The zero-order valence-corrected chi connectivity index (χ0v) is 27.8. The van der Waals surface area contributed by atoms with Gasteiger partial charge in [0.1, 0.15) is 23.4 Å². The molecule has 3 rings (SSSR count). The molecule has 0 heterocycles. The van der Waals surface area contributed by atoms with Crippen LogP contribution in [0.5, 0.6) is 5.75 Å². The smallest absolute Gasteiger partial charge is 0.408 e. The van der Waals surface area contributed by atoms with E-state index in [1.807, 2.05) is 56.3 Å². The van der Waals surface area contributed by atoms with Crippen LogP contribution in [-0.2, 0) is 14.3 Å². The van der Waals surface area contributed by atoms with Gasteiger partial charge in [0.2, 0.25) is 5.91 Å². The molecule has 3 N–H and O–H groups in total. The van der Waals surface area contributed by atoms with E-state index in [9.17, 15) is 19.5 Å². The third kappa shape index (κ3) is 10.8. The van der Waals surface area contributed by atoms with Crippen LogP contribution in [0.3, 0.4) is 0 Å². The van der Waals surface area contributed by atoms with Gasteiger partial charge < -0.3 is 25.4 Å². The summed E-state index contributed by atoms with van der Waals surface area (Å²) in [4.78, 5) is 43.3. The zero-order valence-electron chi connectivity index (χ0n) is 27.8. The molecule has 8 nitrogen and oxygen atoms in total. The Balaban J connectivity index is 2.02. The number of aromatic hydroxyl groups is 1. The van der Waals surface area contributed by atoms with E-state index < -0.39 is 29.7 Å². The van der Waals surface area contributed by atoms with Crippen molar-refractivity contribution in [1.29, 1.82) is 0 Å². The fraction of sp³-hybridized carbons (Fsp3) is 0.486. The number of hydrogen-bond acceptors (Lipinski definition) is 5. The topological polar surface area (TPSA) is 108 Å². The van der Waals surface area contributed by atoms with E-state index in [1.165, 1.54) is 12.1 Å². The standard InChI is InChI=1S/C37H51N3O5/c1-7-9-10-11-12-15-23-40(35(43)32(26(3)8-2)39-36(44)45-37(4,5)6)33(29-19-16-20-31(41)25-29)34(42)38-30-22-21-27-17-13-14-18-28(27)24-30/h13-14,16-22,24-26,32-33,41H,7-12,15,23H2,1-6H3,(H,38,42)(H,39,44). The molecule has 3 atom stereocenters. The summed E-state index contributed by atoms with van der Waals surface area (Å²) in [5.74, 6) is -1.01. The first kappa shape index (κ1) is 35.4. The average Bonchev–Trinajstić information content (AvgIpc) is 2.99. The molecule has 0 spiro atoms. The lowest BCUT2D eigenvalue weighted by atomic mass is 9.95. The highest BCUT2D eigenvalue weighted by Gasteiger charge is 2.38. The maximum atomic E-state index is 14.6. The number of nitrogens with zero attached hydrogens (tertiary/aromatic N) is 1. The van der Waals surface area contributed by atoms with Gasteiger partial charge in [0.15, 0.2) is 0 Å². The van der Waals surface area contributed by atoms with Crippen molar-refractivity contribution >= 4 is 34.4 Å². The van der Waals surface area contributed by atoms with Crippen LogP contribution in [-0.4, -0.2) is 46.1 Å². The lowest BCUT2D eigenvalue weighted by molar-refractivity contribution is -0.142. The number of anilines is 1. The number of rotatable bonds is 15. The Hall–Kier alpha value is -4.07. The summed E-state index contributed by atoms with van der Waals surface area (Å²) in [5.41, 5.74) is 0.337. The highest BCUT2D eigenvalue weighted by Crippen LogP contribution is 2.29. The second-order valence-electron chi connectivity index (χ2n) is 12.9. The number of alkyl carbamates (subject to hydrolysis) is 1. The molecule has 3 aromatic rings. The van der Waals surface area contributed by atoms with Crippen molar-refractivity contribution in [2.24, 2.45) is 5.92 Å². The van der Waals surface area contributed by atoms with Gasteiger partial charge in [-0.05, 0) is 73.7 Å². The number of carbonyl (C=O) groups excluding carboxylic acids is 3. The monoisotopic (exact) mass is 617 g/mol. The van der Waals surface area contributed by atoms with Gasteiger partial charge >= 0.3 is 6.09 Å². The van der Waals surface area contributed by atoms with Crippen LogP contribution in [0.25, 0.3) is 10.8 Å². The van der Waals surface area contributed by atoms with E-state index in [1.54, 1.807) is 37.8 Å². The Morgan fingerprint density at radius 3 is 2.22 bits per heavy atom. The van der Waals surface area contributed by atoms with E-state index in [4.69, 9.17) is 4.74 Å². The molecule has 45 heavy (non-hydrogen) atoms. The summed E-state index contributed by atoms with van der Waals surface area (Å²) >= 11 is 0. The minimum absolute atomic E-state index is 0.00618. The molecule has 8 heteroatoms. The van der Waals surface area contributed by atoms with Gasteiger partial charge in [-0.2, -0.15) is 0 Å². The fourth-order valence-electron chi connectivity index (χ4n) is 5.37. The van der Waals surface area contributed by atoms with E-state index in [-0.39, 0.29) is 17.6 Å². The van der Waals surface area contributed by atoms with Crippen LogP contribution < -0.4 is 10.6 Å². The summed E-state index contributed by atoms with van der Waals surface area (Å²) in [6, 6.07) is 18.1. The Bertz CT molecular complexity index is 1420. The second kappa shape index (κ2) is 16.8. The summed E-state index contributed by atoms with van der Waals surface area (Å²) in [5, 5.41) is 18.3. The summed E-state index contributed by atoms with van der Waals surface area (Å²) in [7, 11) is 0. The Morgan fingerprint density at radius 2 is 1.56 bits per heavy atom. The highest BCUT2D eigenvalue weighted by molar-refractivity contribution is 6.00. The number of unbranched alkanes of at least 4 members (excludes halogenated alkanes) is 5. The molecule has 3 aromatic carbocycles. The van der Waals surface area contributed by atoms with Crippen LogP contribution in [0.2, 0.25) is 0 Å². The molecule has 0 aliphatic heterocycles. The molecule has 3 unspecified atom stereocenters. The molecule has 0 bridgehead atoms. The summed E-state index contributed by atoms with van der Waals surface area (Å²) in [6.07, 6.45) is 5.95. The van der Waals surface area contributed by atoms with Crippen LogP contribution in [0, 0.1) is 5.92 Å². The Labute approximate surface area is 268 Å². The Kier molecular flexibility index (Phi) is 13.3. The normalized spacial score (nSPS) is 13.5. The molecule has 3 amide bonds. The maximum absolute atomic E-state index is 14.6. The third-order valence-electron chi connectivity index (χ3n) is 7.95. The number of fused-ring (bicyclic) bond motifs is 1. The molecule has 0 aliphatic rings. The number of hydrogen-bond donors (Lipinski definition) is 3. The largest absolute Gasteiger partial charge is 0.508 e. The number of phenolic OH excluding ortho intramolecular Hbond substituents is 1. The third-order valence-corrected chi connectivity index (χ3v) is 7.95. The molecular weight excluding hydrogens is 566 g/mol. The summed E-state index contributed by atoms with van der Waals surface area (Å²) in [6.45, 7) is 11.6. The van der Waals surface area contributed by atoms with Gasteiger partial charge in [-0.3, -0.25) is 9.59 Å². The molecule has 0 saturated heterocycles. The van der Waals surface area contributed by atoms with Crippen molar-refractivity contribution in [1.82, 2.24) is 10.2 Å². The molecule has 244 valence electrons. The molecule has 0 fully saturated rings. The predicted molar refractivity (Wildman–Crippen MR) is 181 cm³/mol. The minimum atomic E-state index is -1.06. The predicted octanol–water partition coefficient (Wildman–Crippen LogP) is 8.35. The second-order valence-corrected chi connectivity index (χ2v) is 12.9. The van der Waals surface area contributed by atoms with Crippen molar-refractivity contribution in [2.45, 2.75) is 104 Å². The lowest BCUT2D eigenvalue weighted by Gasteiger charge is -2.36. The lowest BCUT2D eigenvalue weighted by Crippen LogP contribution is -2.55. The van der Waals surface area contributed by atoms with Gasteiger partial charge in [-0.1, -0.05) is 102 Å². The molecule has 0 saturated carbocycles. The molecule has 0 radical (unpaired) electrons. The van der Waals surface area contributed by atoms with Crippen LogP contribution in [0.1, 0.15) is 98.1 Å². The quantitative estimate of drug-likeness (QED) is 0.149. The first-order valence-corrected chi connectivity index (χ1v) is 16.3.